The number of rotatable bonds is 6. The van der Waals surface area contributed by atoms with E-state index in [9.17, 15) is 0 Å². The number of hydrogen-bond acceptors (Lipinski definition) is 1. The van der Waals surface area contributed by atoms with Crippen LogP contribution in [0.1, 0.15) is 63.0 Å². The van der Waals surface area contributed by atoms with Gasteiger partial charge in [-0.25, -0.2) is 0 Å². The highest BCUT2D eigenvalue weighted by Gasteiger charge is 2.32. The van der Waals surface area contributed by atoms with Gasteiger partial charge in [0, 0.05) is 12.0 Å². The zero-order valence-electron chi connectivity index (χ0n) is 12.7. The number of likely N-dealkylation sites (N-methyl/N-ethyl adjacent to an activating group) is 1. The van der Waals surface area contributed by atoms with E-state index in [0.29, 0.717) is 5.41 Å². The number of unbranched alkanes of at least 4 members (excludes halogenated alkanes) is 1. The van der Waals surface area contributed by atoms with Gasteiger partial charge in [-0.1, -0.05) is 56.9 Å². The first-order valence-electron chi connectivity index (χ1n) is 8.05. The first-order chi connectivity index (χ1) is 9.30. The Morgan fingerprint density at radius 2 is 1.74 bits per heavy atom. The lowest BCUT2D eigenvalue weighted by atomic mass is 9.69. The topological polar surface area (TPSA) is 12.0 Å². The van der Waals surface area contributed by atoms with E-state index >= 15 is 0 Å². The van der Waals surface area contributed by atoms with Crippen LogP contribution in [-0.2, 0) is 11.8 Å². The molecule has 1 aliphatic carbocycles. The Kier molecular flexibility index (Phi) is 5.45. The fourth-order valence-electron chi connectivity index (χ4n) is 3.54. The molecule has 0 aromatic heterocycles. The monoisotopic (exact) mass is 259 g/mol. The summed E-state index contributed by atoms with van der Waals surface area (Å²) in [6, 6.07) is 9.51. The van der Waals surface area contributed by atoms with Gasteiger partial charge in [-0.05, 0) is 43.9 Å². The lowest BCUT2D eigenvalue weighted by Crippen LogP contribution is -2.38. The van der Waals surface area contributed by atoms with Gasteiger partial charge in [0.1, 0.15) is 0 Å². The van der Waals surface area contributed by atoms with Gasteiger partial charge in [0.05, 0.1) is 0 Å². The van der Waals surface area contributed by atoms with Crippen LogP contribution in [0.3, 0.4) is 0 Å². The second-order valence-corrected chi connectivity index (χ2v) is 6.17. The van der Waals surface area contributed by atoms with E-state index in [2.05, 4.69) is 43.6 Å². The Bertz CT molecular complexity index is 354. The Morgan fingerprint density at radius 3 is 2.32 bits per heavy atom. The fourth-order valence-corrected chi connectivity index (χ4v) is 3.54. The molecule has 0 radical (unpaired) electrons. The first kappa shape index (κ1) is 14.6. The van der Waals surface area contributed by atoms with Gasteiger partial charge < -0.3 is 5.32 Å². The third-order valence-electron chi connectivity index (χ3n) is 4.71. The molecule has 1 aliphatic rings. The van der Waals surface area contributed by atoms with Crippen molar-refractivity contribution in [1.29, 1.82) is 0 Å². The van der Waals surface area contributed by atoms with Crippen molar-refractivity contribution in [3.8, 4) is 0 Å². The zero-order chi connectivity index (χ0) is 13.6. The van der Waals surface area contributed by atoms with E-state index < -0.39 is 0 Å². The average molecular weight is 259 g/mol. The summed E-state index contributed by atoms with van der Waals surface area (Å²) in [5.74, 6) is 0. The summed E-state index contributed by atoms with van der Waals surface area (Å²) in [6.07, 6.45) is 10.7. The molecule has 0 heterocycles. The van der Waals surface area contributed by atoms with Crippen molar-refractivity contribution in [2.45, 2.75) is 63.7 Å². The second-order valence-electron chi connectivity index (χ2n) is 6.17. The fraction of sp³-hybridized carbons (Fsp3) is 0.667. The molecule has 19 heavy (non-hydrogen) atoms. The minimum absolute atomic E-state index is 0.399. The second kappa shape index (κ2) is 7.09. The molecule has 1 aromatic rings. The van der Waals surface area contributed by atoms with Crippen molar-refractivity contribution >= 4 is 0 Å². The predicted octanol–water partition coefficient (Wildman–Crippen LogP) is 4.45. The molecule has 0 spiro atoms. The van der Waals surface area contributed by atoms with Crippen molar-refractivity contribution in [3.05, 3.63) is 35.4 Å². The Hall–Kier alpha value is -0.820. The smallest absolute Gasteiger partial charge is 0.00776 e. The van der Waals surface area contributed by atoms with Crippen LogP contribution in [0.25, 0.3) is 0 Å². The number of aryl methyl sites for hydroxylation is 1. The Balaban J connectivity index is 2.12. The van der Waals surface area contributed by atoms with E-state index in [0.717, 1.165) is 6.54 Å². The molecule has 1 N–H and O–H groups in total. The maximum atomic E-state index is 3.43. The van der Waals surface area contributed by atoms with E-state index in [4.69, 9.17) is 0 Å². The normalized spacial score (nSPS) is 18.4. The van der Waals surface area contributed by atoms with Gasteiger partial charge in [-0.15, -0.1) is 0 Å². The third-order valence-corrected chi connectivity index (χ3v) is 4.71. The van der Waals surface area contributed by atoms with Crippen molar-refractivity contribution < 1.29 is 0 Å². The van der Waals surface area contributed by atoms with Gasteiger partial charge in [0.25, 0.3) is 0 Å². The van der Waals surface area contributed by atoms with Crippen LogP contribution in [0.2, 0.25) is 0 Å². The van der Waals surface area contributed by atoms with Crippen LogP contribution in [0, 0.1) is 0 Å². The van der Waals surface area contributed by atoms with E-state index in [1.54, 1.807) is 5.56 Å². The number of nitrogens with one attached hydrogen (secondary N) is 1. The summed E-state index contributed by atoms with van der Waals surface area (Å²) in [5.41, 5.74) is 3.46. The highest BCUT2D eigenvalue weighted by atomic mass is 14.8. The van der Waals surface area contributed by atoms with Crippen LogP contribution in [0.15, 0.2) is 24.3 Å². The molecule has 1 fully saturated rings. The number of hydrogen-bond donors (Lipinski definition) is 1. The van der Waals surface area contributed by atoms with Crippen LogP contribution in [0.5, 0.6) is 0 Å². The van der Waals surface area contributed by atoms with E-state index in [1.165, 1.54) is 56.9 Å². The molecule has 106 valence electrons. The minimum atomic E-state index is 0.399. The third kappa shape index (κ3) is 3.60. The van der Waals surface area contributed by atoms with Gasteiger partial charge in [0.15, 0.2) is 0 Å². The van der Waals surface area contributed by atoms with Gasteiger partial charge in [-0.2, -0.15) is 0 Å². The van der Waals surface area contributed by atoms with Gasteiger partial charge >= 0.3 is 0 Å². The standard InChI is InChI=1S/C18H29N/c1-3-4-8-16-9-11-17(12-10-16)18(15-19-2)13-6-5-7-14-18/h9-12,19H,3-8,13-15H2,1-2H3. The molecular formula is C18H29N. The van der Waals surface area contributed by atoms with Crippen LogP contribution >= 0.6 is 0 Å². The molecule has 1 saturated carbocycles. The summed E-state index contributed by atoms with van der Waals surface area (Å²) >= 11 is 0. The average Bonchev–Trinajstić information content (AvgIpc) is 2.47. The SMILES string of the molecule is CCCCc1ccc(C2(CNC)CCCCC2)cc1. The quantitative estimate of drug-likeness (QED) is 0.796. The Labute approximate surface area is 118 Å². The maximum absolute atomic E-state index is 3.43. The predicted molar refractivity (Wildman–Crippen MR) is 83.7 cm³/mol. The molecular weight excluding hydrogens is 230 g/mol. The molecule has 0 unspecified atom stereocenters. The lowest BCUT2D eigenvalue weighted by Gasteiger charge is -2.38. The van der Waals surface area contributed by atoms with E-state index in [-0.39, 0.29) is 0 Å². The zero-order valence-corrected chi connectivity index (χ0v) is 12.7. The van der Waals surface area contributed by atoms with Gasteiger partial charge in [-0.3, -0.25) is 0 Å². The molecule has 1 aromatic carbocycles. The van der Waals surface area contributed by atoms with Crippen molar-refractivity contribution in [2.75, 3.05) is 13.6 Å². The highest BCUT2D eigenvalue weighted by Crippen LogP contribution is 2.39. The summed E-state index contributed by atoms with van der Waals surface area (Å²) in [5, 5.41) is 3.43. The summed E-state index contributed by atoms with van der Waals surface area (Å²) in [4.78, 5) is 0. The minimum Gasteiger partial charge on any atom is -0.319 e. The van der Waals surface area contributed by atoms with Crippen LogP contribution in [0.4, 0.5) is 0 Å². The number of benzene rings is 1. The summed E-state index contributed by atoms with van der Waals surface area (Å²) in [7, 11) is 2.09. The van der Waals surface area contributed by atoms with Crippen LogP contribution < -0.4 is 5.32 Å². The van der Waals surface area contributed by atoms with Crippen LogP contribution in [-0.4, -0.2) is 13.6 Å². The molecule has 0 bridgehead atoms. The summed E-state index contributed by atoms with van der Waals surface area (Å²) in [6.45, 7) is 3.39. The maximum Gasteiger partial charge on any atom is 0.00776 e. The lowest BCUT2D eigenvalue weighted by molar-refractivity contribution is 0.286. The van der Waals surface area contributed by atoms with Crippen molar-refractivity contribution in [3.63, 3.8) is 0 Å². The molecule has 0 atom stereocenters. The molecule has 0 amide bonds. The first-order valence-corrected chi connectivity index (χ1v) is 8.05. The van der Waals surface area contributed by atoms with Crippen molar-refractivity contribution in [1.82, 2.24) is 5.32 Å². The molecule has 0 saturated heterocycles. The van der Waals surface area contributed by atoms with Gasteiger partial charge in [0.2, 0.25) is 0 Å². The molecule has 2 rings (SSSR count). The molecule has 0 aliphatic heterocycles. The van der Waals surface area contributed by atoms with E-state index in [1.807, 2.05) is 0 Å². The Morgan fingerprint density at radius 1 is 1.05 bits per heavy atom. The molecule has 1 heteroatoms. The molecule has 1 nitrogen and oxygen atoms in total. The van der Waals surface area contributed by atoms with Crippen molar-refractivity contribution in [2.24, 2.45) is 0 Å². The largest absolute Gasteiger partial charge is 0.319 e. The highest BCUT2D eigenvalue weighted by molar-refractivity contribution is 5.30. The summed E-state index contributed by atoms with van der Waals surface area (Å²) < 4.78 is 0.